The summed E-state index contributed by atoms with van der Waals surface area (Å²) in [6.07, 6.45) is 5.45. The van der Waals surface area contributed by atoms with Gasteiger partial charge in [0.1, 0.15) is 0 Å². The number of aromatic nitrogens is 4. The molecule has 0 atom stereocenters. The topological polar surface area (TPSA) is 35.6 Å². The highest BCUT2D eigenvalue weighted by molar-refractivity contribution is 6.17. The summed E-state index contributed by atoms with van der Waals surface area (Å²) in [5.41, 5.74) is 0.895. The van der Waals surface area contributed by atoms with Crippen LogP contribution in [0.4, 0.5) is 0 Å². The highest BCUT2D eigenvalue weighted by atomic mass is 35.5. The molecule has 0 N–H and O–H groups in total. The number of nitrogens with zero attached hydrogens (tertiary/aromatic N) is 4. The maximum atomic E-state index is 5.92. The van der Waals surface area contributed by atoms with Gasteiger partial charge in [-0.1, -0.05) is 0 Å². The molecule has 86 valence electrons. The van der Waals surface area contributed by atoms with Gasteiger partial charge < -0.3 is 0 Å². The van der Waals surface area contributed by atoms with Crippen LogP contribution in [-0.2, 0) is 11.4 Å². The Kier molecular flexibility index (Phi) is 2.76. The molecule has 0 unspecified atom stereocenters. The molecule has 0 radical (unpaired) electrons. The van der Waals surface area contributed by atoms with Crippen molar-refractivity contribution in [2.24, 2.45) is 0 Å². The van der Waals surface area contributed by atoms with Crippen molar-refractivity contribution in [1.82, 2.24) is 19.6 Å². The Balaban J connectivity index is 2.61. The molecule has 16 heavy (non-hydrogen) atoms. The minimum Gasteiger partial charge on any atom is -0.242 e. The van der Waals surface area contributed by atoms with Crippen molar-refractivity contribution in [2.75, 3.05) is 0 Å². The maximum Gasteiger partial charge on any atom is 0.156 e. The number of hydrogen-bond acceptors (Lipinski definition) is 2. The van der Waals surface area contributed by atoms with E-state index in [0.29, 0.717) is 5.88 Å². The molecule has 0 aliphatic carbocycles. The van der Waals surface area contributed by atoms with E-state index in [1.807, 2.05) is 16.9 Å². The van der Waals surface area contributed by atoms with E-state index in [1.165, 1.54) is 0 Å². The van der Waals surface area contributed by atoms with Gasteiger partial charge in [-0.3, -0.25) is 0 Å². The van der Waals surface area contributed by atoms with Crippen LogP contribution in [0.25, 0.3) is 5.82 Å². The van der Waals surface area contributed by atoms with Crippen LogP contribution in [0.3, 0.4) is 0 Å². The SMILES string of the molecule is CC(C)(C)n1ncc(CCl)c1-n1cccn1. The Hall–Kier alpha value is -1.29. The molecular formula is C11H15ClN4. The summed E-state index contributed by atoms with van der Waals surface area (Å²) in [6, 6.07) is 1.89. The van der Waals surface area contributed by atoms with E-state index >= 15 is 0 Å². The molecule has 2 aromatic heterocycles. The average molecular weight is 239 g/mol. The summed E-state index contributed by atoms with van der Waals surface area (Å²) in [5, 5.41) is 8.62. The number of hydrogen-bond donors (Lipinski definition) is 0. The summed E-state index contributed by atoms with van der Waals surface area (Å²) in [6.45, 7) is 6.31. The molecule has 0 aromatic carbocycles. The molecule has 5 heteroatoms. The van der Waals surface area contributed by atoms with Gasteiger partial charge in [0, 0.05) is 18.0 Å². The van der Waals surface area contributed by atoms with E-state index in [1.54, 1.807) is 17.1 Å². The lowest BCUT2D eigenvalue weighted by molar-refractivity contribution is 0.349. The largest absolute Gasteiger partial charge is 0.242 e. The quantitative estimate of drug-likeness (QED) is 0.754. The van der Waals surface area contributed by atoms with Crippen LogP contribution in [0.1, 0.15) is 26.3 Å². The van der Waals surface area contributed by atoms with Crippen molar-refractivity contribution >= 4 is 11.6 Å². The number of rotatable bonds is 2. The van der Waals surface area contributed by atoms with Crippen LogP contribution < -0.4 is 0 Å². The molecule has 0 amide bonds. The summed E-state index contributed by atoms with van der Waals surface area (Å²) in [4.78, 5) is 0. The minimum absolute atomic E-state index is 0.0917. The van der Waals surface area contributed by atoms with E-state index < -0.39 is 0 Å². The molecule has 0 aliphatic heterocycles. The normalized spacial score (nSPS) is 12.0. The van der Waals surface area contributed by atoms with Crippen molar-refractivity contribution in [3.63, 3.8) is 0 Å². The zero-order valence-corrected chi connectivity index (χ0v) is 10.4. The number of halogens is 1. The lowest BCUT2D eigenvalue weighted by Crippen LogP contribution is -2.26. The highest BCUT2D eigenvalue weighted by Gasteiger charge is 2.21. The Morgan fingerprint density at radius 1 is 1.31 bits per heavy atom. The van der Waals surface area contributed by atoms with Gasteiger partial charge in [0.05, 0.1) is 17.6 Å². The van der Waals surface area contributed by atoms with Crippen molar-refractivity contribution in [2.45, 2.75) is 32.2 Å². The molecule has 0 saturated heterocycles. The highest BCUT2D eigenvalue weighted by Crippen LogP contribution is 2.23. The molecule has 2 rings (SSSR count). The second-order valence-electron chi connectivity index (χ2n) is 4.66. The molecular weight excluding hydrogens is 224 g/mol. The predicted molar refractivity (Wildman–Crippen MR) is 63.9 cm³/mol. The van der Waals surface area contributed by atoms with Gasteiger partial charge >= 0.3 is 0 Å². The smallest absolute Gasteiger partial charge is 0.156 e. The van der Waals surface area contributed by atoms with Gasteiger partial charge in [-0.2, -0.15) is 10.2 Å². The Bertz CT molecular complexity index is 465. The van der Waals surface area contributed by atoms with Crippen LogP contribution in [0, 0.1) is 0 Å². The fraction of sp³-hybridized carbons (Fsp3) is 0.455. The molecule has 4 nitrogen and oxygen atoms in total. The van der Waals surface area contributed by atoms with Gasteiger partial charge in [-0.05, 0) is 26.8 Å². The molecule has 0 spiro atoms. The zero-order valence-electron chi connectivity index (χ0n) is 9.68. The van der Waals surface area contributed by atoms with Gasteiger partial charge in [0.25, 0.3) is 0 Å². The lowest BCUT2D eigenvalue weighted by Gasteiger charge is -2.22. The first-order valence-corrected chi connectivity index (χ1v) is 5.71. The van der Waals surface area contributed by atoms with E-state index in [0.717, 1.165) is 11.4 Å². The fourth-order valence-electron chi connectivity index (χ4n) is 1.60. The molecule has 0 saturated carbocycles. The monoisotopic (exact) mass is 238 g/mol. The van der Waals surface area contributed by atoms with Gasteiger partial charge in [-0.15, -0.1) is 11.6 Å². The first kappa shape index (κ1) is 11.2. The Labute approximate surface area is 99.8 Å². The molecule has 0 aliphatic rings. The van der Waals surface area contributed by atoms with E-state index in [2.05, 4.69) is 31.0 Å². The zero-order chi connectivity index (χ0) is 11.8. The van der Waals surface area contributed by atoms with Crippen molar-refractivity contribution in [3.05, 3.63) is 30.2 Å². The average Bonchev–Trinajstić information content (AvgIpc) is 2.84. The fourth-order valence-corrected chi connectivity index (χ4v) is 1.79. The third-order valence-electron chi connectivity index (χ3n) is 2.32. The Morgan fingerprint density at radius 2 is 2.06 bits per heavy atom. The summed E-state index contributed by atoms with van der Waals surface area (Å²) in [7, 11) is 0. The first-order chi connectivity index (χ1) is 7.54. The molecule has 2 aromatic rings. The van der Waals surface area contributed by atoms with Crippen LogP contribution in [0.2, 0.25) is 0 Å². The van der Waals surface area contributed by atoms with E-state index in [-0.39, 0.29) is 5.54 Å². The third kappa shape index (κ3) is 1.85. The van der Waals surface area contributed by atoms with Crippen molar-refractivity contribution < 1.29 is 0 Å². The molecule has 2 heterocycles. The minimum atomic E-state index is -0.0917. The van der Waals surface area contributed by atoms with E-state index in [4.69, 9.17) is 11.6 Å². The summed E-state index contributed by atoms with van der Waals surface area (Å²) >= 11 is 5.92. The second kappa shape index (κ2) is 3.94. The van der Waals surface area contributed by atoms with Gasteiger partial charge in [0.2, 0.25) is 0 Å². The first-order valence-electron chi connectivity index (χ1n) is 5.17. The van der Waals surface area contributed by atoms with Crippen LogP contribution in [-0.4, -0.2) is 19.6 Å². The maximum absolute atomic E-state index is 5.92. The van der Waals surface area contributed by atoms with Crippen LogP contribution in [0.5, 0.6) is 0 Å². The standard InChI is InChI=1S/C11H15ClN4/c1-11(2,3)16-10(9(7-12)8-14-16)15-6-4-5-13-15/h4-6,8H,7H2,1-3H3. The van der Waals surface area contributed by atoms with Crippen LogP contribution >= 0.6 is 11.6 Å². The van der Waals surface area contributed by atoms with E-state index in [9.17, 15) is 0 Å². The van der Waals surface area contributed by atoms with Crippen LogP contribution in [0.15, 0.2) is 24.7 Å². The van der Waals surface area contributed by atoms with Crippen molar-refractivity contribution in [1.29, 1.82) is 0 Å². The van der Waals surface area contributed by atoms with Gasteiger partial charge in [0.15, 0.2) is 5.82 Å². The summed E-state index contributed by atoms with van der Waals surface area (Å²) in [5.74, 6) is 1.37. The lowest BCUT2D eigenvalue weighted by atomic mass is 10.1. The Morgan fingerprint density at radius 3 is 2.56 bits per heavy atom. The molecule has 0 fully saturated rings. The summed E-state index contributed by atoms with van der Waals surface area (Å²) < 4.78 is 3.74. The molecule has 0 bridgehead atoms. The predicted octanol–water partition coefficient (Wildman–Crippen LogP) is 2.56. The second-order valence-corrected chi connectivity index (χ2v) is 4.93. The number of alkyl halides is 1. The third-order valence-corrected chi connectivity index (χ3v) is 2.61. The van der Waals surface area contributed by atoms with Crippen molar-refractivity contribution in [3.8, 4) is 5.82 Å². The van der Waals surface area contributed by atoms with Gasteiger partial charge in [-0.25, -0.2) is 9.36 Å².